The fourth-order valence-electron chi connectivity index (χ4n) is 1.61. The molecule has 0 aliphatic carbocycles. The van der Waals surface area contributed by atoms with Crippen LogP contribution < -0.4 is 0 Å². The Morgan fingerprint density at radius 3 is 2.45 bits per heavy atom. The van der Waals surface area contributed by atoms with E-state index in [9.17, 15) is 0 Å². The summed E-state index contributed by atoms with van der Waals surface area (Å²) < 4.78 is 0. The van der Waals surface area contributed by atoms with Gasteiger partial charge in [-0.25, -0.2) is 0 Å². The van der Waals surface area contributed by atoms with Crippen LogP contribution in [0.2, 0.25) is 0 Å². The molecule has 0 rings (SSSR count). The normalized spacial score (nSPS) is 14.4. The van der Waals surface area contributed by atoms with Gasteiger partial charge < -0.3 is 5.41 Å². The zero-order valence-electron chi connectivity index (χ0n) is 13.5. The van der Waals surface area contributed by atoms with Gasteiger partial charge in [-0.1, -0.05) is 63.0 Å². The molecule has 0 bridgehead atoms. The van der Waals surface area contributed by atoms with Gasteiger partial charge in [0.2, 0.25) is 0 Å². The molecule has 0 aliphatic heterocycles. The predicted octanol–water partition coefficient (Wildman–Crippen LogP) is 6.02. The van der Waals surface area contributed by atoms with E-state index in [1.54, 1.807) is 0 Å². The Kier molecular flexibility index (Phi) is 9.36. The Morgan fingerprint density at radius 1 is 1.30 bits per heavy atom. The van der Waals surface area contributed by atoms with E-state index in [0.29, 0.717) is 5.71 Å². The molecule has 0 aromatic rings. The van der Waals surface area contributed by atoms with Gasteiger partial charge in [0.15, 0.2) is 0 Å². The Hall–Kier alpha value is -1.63. The summed E-state index contributed by atoms with van der Waals surface area (Å²) in [5.41, 5.74) is 4.36. The van der Waals surface area contributed by atoms with E-state index in [1.807, 2.05) is 26.0 Å². The van der Waals surface area contributed by atoms with Gasteiger partial charge in [-0.3, -0.25) is 0 Å². The average molecular weight is 271 g/mol. The van der Waals surface area contributed by atoms with E-state index in [0.717, 1.165) is 24.8 Å². The topological polar surface area (TPSA) is 23.9 Å². The third kappa shape index (κ3) is 7.73. The molecule has 0 aromatic carbocycles. The first kappa shape index (κ1) is 18.4. The smallest absolute Gasteiger partial charge is 0.0124 e. The van der Waals surface area contributed by atoms with E-state index < -0.39 is 0 Å². The van der Waals surface area contributed by atoms with Crippen LogP contribution in [0.1, 0.15) is 47.0 Å². The second-order valence-electron chi connectivity index (χ2n) is 5.24. The summed E-state index contributed by atoms with van der Waals surface area (Å²) in [6.45, 7) is 16.1. The van der Waals surface area contributed by atoms with Crippen molar-refractivity contribution in [3.63, 3.8) is 0 Å². The highest BCUT2D eigenvalue weighted by Gasteiger charge is 2.00. The highest BCUT2D eigenvalue weighted by Crippen LogP contribution is 2.19. The van der Waals surface area contributed by atoms with Gasteiger partial charge in [0.05, 0.1) is 0 Å². The minimum absolute atomic E-state index is 0.230. The predicted molar refractivity (Wildman–Crippen MR) is 92.4 cm³/mol. The fourth-order valence-corrected chi connectivity index (χ4v) is 1.61. The largest absolute Gasteiger partial charge is 0.309 e. The first-order chi connectivity index (χ1) is 9.42. The molecule has 1 nitrogen and oxygen atoms in total. The Balaban J connectivity index is 4.54. The first-order valence-corrected chi connectivity index (χ1v) is 7.32. The number of hydrogen-bond donors (Lipinski definition) is 1. The molecule has 0 aromatic heterocycles. The Bertz CT molecular complexity index is 433. The molecule has 1 atom stereocenters. The molecule has 0 aliphatic rings. The molecule has 0 heterocycles. The van der Waals surface area contributed by atoms with Gasteiger partial charge in [0.25, 0.3) is 0 Å². The molecule has 0 saturated carbocycles. The summed E-state index contributed by atoms with van der Waals surface area (Å²) in [4.78, 5) is 0. The second-order valence-corrected chi connectivity index (χ2v) is 5.24. The quantitative estimate of drug-likeness (QED) is 0.301. The molecule has 0 fully saturated rings. The minimum Gasteiger partial charge on any atom is -0.309 e. The van der Waals surface area contributed by atoms with E-state index >= 15 is 0 Å². The van der Waals surface area contributed by atoms with Crippen molar-refractivity contribution >= 4 is 5.71 Å². The lowest BCUT2D eigenvalue weighted by atomic mass is 9.98. The maximum absolute atomic E-state index is 7.54. The van der Waals surface area contributed by atoms with Gasteiger partial charge in [0.1, 0.15) is 0 Å². The van der Waals surface area contributed by atoms with Crippen molar-refractivity contribution in [1.29, 1.82) is 5.41 Å². The van der Waals surface area contributed by atoms with Crippen LogP contribution in [0.15, 0.2) is 60.3 Å². The second kappa shape index (κ2) is 10.2. The first-order valence-electron chi connectivity index (χ1n) is 7.32. The molecule has 0 amide bonds. The zero-order valence-corrected chi connectivity index (χ0v) is 13.5. The van der Waals surface area contributed by atoms with Crippen LogP contribution >= 0.6 is 0 Å². The van der Waals surface area contributed by atoms with Crippen molar-refractivity contribution in [2.75, 3.05) is 0 Å². The summed E-state index contributed by atoms with van der Waals surface area (Å²) in [5, 5.41) is 7.54. The number of nitrogens with one attached hydrogen (secondary N) is 1. The summed E-state index contributed by atoms with van der Waals surface area (Å²) in [5.74, 6) is 0.230. The lowest BCUT2D eigenvalue weighted by molar-refractivity contribution is 0.939. The van der Waals surface area contributed by atoms with Crippen molar-refractivity contribution < 1.29 is 0 Å². The van der Waals surface area contributed by atoms with Gasteiger partial charge >= 0.3 is 0 Å². The summed E-state index contributed by atoms with van der Waals surface area (Å²) in [6.07, 6.45) is 13.2. The minimum atomic E-state index is 0.230. The van der Waals surface area contributed by atoms with E-state index in [2.05, 4.69) is 45.2 Å². The standard InChI is InChI=1S/C19H29N/c1-7-11-19(14-15(3)8-2)17(5)13-10-9-12-16(4)18(6)20/h7,9,11-12,14,16,20H,1,5,8,10,13H2,2-4,6H3/b12-9-,15-14?,19-11?,20-18?. The monoisotopic (exact) mass is 271 g/mol. The highest BCUT2D eigenvalue weighted by molar-refractivity contribution is 5.82. The van der Waals surface area contributed by atoms with Crippen LogP contribution in [0, 0.1) is 11.3 Å². The van der Waals surface area contributed by atoms with Crippen LogP contribution in [-0.4, -0.2) is 5.71 Å². The lowest BCUT2D eigenvalue weighted by Crippen LogP contribution is -2.00. The molecule has 20 heavy (non-hydrogen) atoms. The third-order valence-corrected chi connectivity index (χ3v) is 3.39. The van der Waals surface area contributed by atoms with Gasteiger partial charge in [-0.05, 0) is 44.3 Å². The Labute approximate surface area is 125 Å². The molecule has 0 radical (unpaired) electrons. The van der Waals surface area contributed by atoms with Crippen LogP contribution in [0.5, 0.6) is 0 Å². The third-order valence-electron chi connectivity index (χ3n) is 3.39. The molecule has 110 valence electrons. The molecular formula is C19H29N. The van der Waals surface area contributed by atoms with Crippen LogP contribution in [0.25, 0.3) is 0 Å². The summed E-state index contributed by atoms with van der Waals surface area (Å²) in [6, 6.07) is 0. The number of hydrogen-bond acceptors (Lipinski definition) is 1. The maximum atomic E-state index is 7.54. The molecular weight excluding hydrogens is 242 g/mol. The SMILES string of the molecule is C=CC=C(C=C(C)CC)C(=C)CC/C=C\C(C)C(C)=N. The summed E-state index contributed by atoms with van der Waals surface area (Å²) >= 11 is 0. The van der Waals surface area contributed by atoms with Crippen molar-refractivity contribution in [2.24, 2.45) is 5.92 Å². The van der Waals surface area contributed by atoms with Gasteiger partial charge in [-0.15, -0.1) is 0 Å². The summed E-state index contributed by atoms with van der Waals surface area (Å²) in [7, 11) is 0. The molecule has 0 spiro atoms. The van der Waals surface area contributed by atoms with E-state index in [4.69, 9.17) is 5.41 Å². The lowest BCUT2D eigenvalue weighted by Gasteiger charge is -2.07. The van der Waals surface area contributed by atoms with Crippen molar-refractivity contribution in [3.05, 3.63) is 60.3 Å². The zero-order chi connectivity index (χ0) is 15.5. The molecule has 1 heteroatoms. The van der Waals surface area contributed by atoms with Crippen LogP contribution in [-0.2, 0) is 0 Å². The molecule has 1 unspecified atom stereocenters. The van der Waals surface area contributed by atoms with Crippen molar-refractivity contribution in [3.8, 4) is 0 Å². The van der Waals surface area contributed by atoms with Crippen molar-refractivity contribution in [2.45, 2.75) is 47.0 Å². The maximum Gasteiger partial charge on any atom is 0.0124 e. The van der Waals surface area contributed by atoms with Crippen LogP contribution in [0.3, 0.4) is 0 Å². The van der Waals surface area contributed by atoms with Crippen molar-refractivity contribution in [1.82, 2.24) is 0 Å². The van der Waals surface area contributed by atoms with E-state index in [1.165, 1.54) is 11.1 Å². The molecule has 0 saturated heterocycles. The molecule has 1 N–H and O–H groups in total. The fraction of sp³-hybridized carbons (Fsp3) is 0.421. The number of rotatable bonds is 9. The van der Waals surface area contributed by atoms with Crippen LogP contribution in [0.4, 0.5) is 0 Å². The average Bonchev–Trinajstić information content (AvgIpc) is 2.42. The number of allylic oxidation sites excluding steroid dienone is 8. The Morgan fingerprint density at radius 2 is 1.95 bits per heavy atom. The van der Waals surface area contributed by atoms with E-state index in [-0.39, 0.29) is 5.92 Å². The van der Waals surface area contributed by atoms with Gasteiger partial charge in [0, 0.05) is 11.6 Å². The highest BCUT2D eigenvalue weighted by atomic mass is 14.4. The van der Waals surface area contributed by atoms with Gasteiger partial charge in [-0.2, -0.15) is 0 Å².